The van der Waals surface area contributed by atoms with E-state index < -0.39 is 0 Å². The second-order valence-electron chi connectivity index (χ2n) is 2.31. The molecule has 4 heteroatoms. The second kappa shape index (κ2) is 5.16. The molecule has 1 aliphatic rings. The van der Waals surface area contributed by atoms with E-state index in [0.717, 1.165) is 13.1 Å². The number of halogens is 1. The number of piperazine rings is 1. The number of carbonyl (C=O) groups excluding carboxylic acids is 1. The zero-order chi connectivity index (χ0) is 7.40. The SMILES string of the molecule is C=CCN1CCNCC1=O.Cl. The fraction of sp³-hybridized carbons (Fsp3) is 0.571. The van der Waals surface area contributed by atoms with Crippen molar-refractivity contribution >= 4 is 18.3 Å². The molecule has 1 N–H and O–H groups in total. The zero-order valence-electron chi connectivity index (χ0n) is 6.38. The van der Waals surface area contributed by atoms with Crippen LogP contribution in [0.1, 0.15) is 0 Å². The summed E-state index contributed by atoms with van der Waals surface area (Å²) in [6, 6.07) is 0. The van der Waals surface area contributed by atoms with Crippen molar-refractivity contribution in [2.75, 3.05) is 26.2 Å². The summed E-state index contributed by atoms with van der Waals surface area (Å²) in [6.07, 6.45) is 1.75. The predicted octanol–water partition coefficient (Wildman–Crippen LogP) is 0.0260. The molecule has 11 heavy (non-hydrogen) atoms. The first-order valence-electron chi connectivity index (χ1n) is 3.44. The van der Waals surface area contributed by atoms with Crippen molar-refractivity contribution in [2.45, 2.75) is 0 Å². The first-order chi connectivity index (χ1) is 4.84. The van der Waals surface area contributed by atoms with Gasteiger partial charge in [-0.05, 0) is 0 Å². The average molecular weight is 177 g/mol. The van der Waals surface area contributed by atoms with Gasteiger partial charge < -0.3 is 10.2 Å². The maximum atomic E-state index is 11.0. The molecule has 64 valence electrons. The van der Waals surface area contributed by atoms with E-state index in [4.69, 9.17) is 0 Å². The first-order valence-corrected chi connectivity index (χ1v) is 3.44. The molecule has 0 atom stereocenters. The normalized spacial score (nSPS) is 17.5. The highest BCUT2D eigenvalue weighted by Gasteiger charge is 2.14. The molecule has 1 saturated heterocycles. The number of nitrogens with zero attached hydrogens (tertiary/aromatic N) is 1. The third kappa shape index (κ3) is 2.91. The van der Waals surface area contributed by atoms with Gasteiger partial charge in [-0.1, -0.05) is 6.08 Å². The van der Waals surface area contributed by atoms with E-state index in [-0.39, 0.29) is 18.3 Å². The highest BCUT2D eigenvalue weighted by atomic mass is 35.5. The molecule has 3 nitrogen and oxygen atoms in total. The molecule has 1 amide bonds. The van der Waals surface area contributed by atoms with Crippen LogP contribution in [0.5, 0.6) is 0 Å². The van der Waals surface area contributed by atoms with Crippen molar-refractivity contribution < 1.29 is 4.79 Å². The monoisotopic (exact) mass is 176 g/mol. The van der Waals surface area contributed by atoms with Crippen LogP contribution in [0.4, 0.5) is 0 Å². The van der Waals surface area contributed by atoms with Crippen LogP contribution in [0, 0.1) is 0 Å². The summed E-state index contributed by atoms with van der Waals surface area (Å²) in [6.45, 7) is 6.45. The lowest BCUT2D eigenvalue weighted by atomic mass is 10.3. The van der Waals surface area contributed by atoms with Crippen molar-refractivity contribution in [3.63, 3.8) is 0 Å². The lowest BCUT2D eigenvalue weighted by Crippen LogP contribution is -2.47. The summed E-state index contributed by atoms with van der Waals surface area (Å²) in [5.74, 6) is 0.172. The second-order valence-corrected chi connectivity index (χ2v) is 2.31. The van der Waals surface area contributed by atoms with Crippen molar-refractivity contribution in [3.05, 3.63) is 12.7 Å². The van der Waals surface area contributed by atoms with Crippen LogP contribution in [0.15, 0.2) is 12.7 Å². The van der Waals surface area contributed by atoms with Gasteiger partial charge in [0.2, 0.25) is 5.91 Å². The smallest absolute Gasteiger partial charge is 0.236 e. The third-order valence-electron chi connectivity index (χ3n) is 1.54. The fourth-order valence-electron chi connectivity index (χ4n) is 0.995. The Bertz CT molecular complexity index is 149. The Morgan fingerprint density at radius 2 is 2.45 bits per heavy atom. The highest BCUT2D eigenvalue weighted by Crippen LogP contribution is 1.92. The van der Waals surface area contributed by atoms with Gasteiger partial charge in [0, 0.05) is 19.6 Å². The van der Waals surface area contributed by atoms with Crippen LogP contribution in [0.25, 0.3) is 0 Å². The van der Waals surface area contributed by atoms with Gasteiger partial charge >= 0.3 is 0 Å². The van der Waals surface area contributed by atoms with Gasteiger partial charge in [-0.25, -0.2) is 0 Å². The number of hydrogen-bond donors (Lipinski definition) is 1. The van der Waals surface area contributed by atoms with Crippen LogP contribution in [-0.2, 0) is 4.79 Å². The van der Waals surface area contributed by atoms with Crippen LogP contribution in [0.2, 0.25) is 0 Å². The Hall–Kier alpha value is -0.540. The Labute approximate surface area is 72.9 Å². The lowest BCUT2D eigenvalue weighted by molar-refractivity contribution is -0.131. The minimum Gasteiger partial charge on any atom is -0.337 e. The largest absolute Gasteiger partial charge is 0.337 e. The summed E-state index contributed by atoms with van der Waals surface area (Å²) >= 11 is 0. The van der Waals surface area contributed by atoms with Crippen molar-refractivity contribution in [1.82, 2.24) is 10.2 Å². The number of rotatable bonds is 2. The van der Waals surface area contributed by atoms with E-state index in [9.17, 15) is 4.79 Å². The van der Waals surface area contributed by atoms with Gasteiger partial charge in [0.1, 0.15) is 0 Å². The number of amides is 1. The molecular weight excluding hydrogens is 164 g/mol. The van der Waals surface area contributed by atoms with Crippen LogP contribution in [0.3, 0.4) is 0 Å². The Balaban J connectivity index is 0.000001000. The topological polar surface area (TPSA) is 32.3 Å². The Kier molecular flexibility index (Phi) is 4.90. The standard InChI is InChI=1S/C7H12N2O.ClH/c1-2-4-9-5-3-8-6-7(9)10;/h2,8H,1,3-6H2;1H. The number of carbonyl (C=O) groups is 1. The Morgan fingerprint density at radius 1 is 1.73 bits per heavy atom. The molecule has 0 unspecified atom stereocenters. The molecule has 0 saturated carbocycles. The summed E-state index contributed by atoms with van der Waals surface area (Å²) in [5, 5.41) is 3.00. The summed E-state index contributed by atoms with van der Waals surface area (Å²) in [4.78, 5) is 12.8. The predicted molar refractivity (Wildman–Crippen MR) is 46.9 cm³/mol. The molecule has 0 spiro atoms. The zero-order valence-corrected chi connectivity index (χ0v) is 7.19. The summed E-state index contributed by atoms with van der Waals surface area (Å²) in [5.41, 5.74) is 0. The molecule has 0 radical (unpaired) electrons. The quantitative estimate of drug-likeness (QED) is 0.602. The lowest BCUT2D eigenvalue weighted by Gasteiger charge is -2.25. The molecule has 0 aromatic rings. The van der Waals surface area contributed by atoms with Crippen LogP contribution < -0.4 is 5.32 Å². The molecule has 1 rings (SSSR count). The van der Waals surface area contributed by atoms with Crippen molar-refractivity contribution in [2.24, 2.45) is 0 Å². The minimum atomic E-state index is 0. The molecule has 1 aliphatic heterocycles. The Morgan fingerprint density at radius 3 is 3.00 bits per heavy atom. The minimum absolute atomic E-state index is 0. The number of hydrogen-bond acceptors (Lipinski definition) is 2. The average Bonchev–Trinajstić information content (AvgIpc) is 1.94. The van der Waals surface area contributed by atoms with E-state index in [1.54, 1.807) is 11.0 Å². The van der Waals surface area contributed by atoms with E-state index in [2.05, 4.69) is 11.9 Å². The molecule has 0 aromatic heterocycles. The fourth-order valence-corrected chi connectivity index (χ4v) is 0.995. The molecular formula is C7H13ClN2O. The third-order valence-corrected chi connectivity index (χ3v) is 1.54. The van der Waals surface area contributed by atoms with E-state index >= 15 is 0 Å². The van der Waals surface area contributed by atoms with Crippen molar-refractivity contribution in [1.29, 1.82) is 0 Å². The molecule has 0 aromatic carbocycles. The first kappa shape index (κ1) is 10.5. The van der Waals surface area contributed by atoms with Crippen LogP contribution in [-0.4, -0.2) is 37.0 Å². The number of nitrogens with one attached hydrogen (secondary N) is 1. The molecule has 0 bridgehead atoms. The van der Waals surface area contributed by atoms with Gasteiger partial charge in [-0.2, -0.15) is 0 Å². The van der Waals surface area contributed by atoms with Gasteiger partial charge in [-0.15, -0.1) is 19.0 Å². The molecule has 1 fully saturated rings. The van der Waals surface area contributed by atoms with Crippen molar-refractivity contribution in [3.8, 4) is 0 Å². The van der Waals surface area contributed by atoms with E-state index in [0.29, 0.717) is 13.1 Å². The highest BCUT2D eigenvalue weighted by molar-refractivity contribution is 5.85. The van der Waals surface area contributed by atoms with Gasteiger partial charge in [0.15, 0.2) is 0 Å². The van der Waals surface area contributed by atoms with Gasteiger partial charge in [0.25, 0.3) is 0 Å². The van der Waals surface area contributed by atoms with Gasteiger partial charge in [0.05, 0.1) is 6.54 Å². The summed E-state index contributed by atoms with van der Waals surface area (Å²) < 4.78 is 0. The van der Waals surface area contributed by atoms with Gasteiger partial charge in [-0.3, -0.25) is 4.79 Å². The van der Waals surface area contributed by atoms with E-state index in [1.807, 2.05) is 0 Å². The summed E-state index contributed by atoms with van der Waals surface area (Å²) in [7, 11) is 0. The maximum absolute atomic E-state index is 11.0. The van der Waals surface area contributed by atoms with Crippen LogP contribution >= 0.6 is 12.4 Å². The molecule has 0 aliphatic carbocycles. The van der Waals surface area contributed by atoms with E-state index in [1.165, 1.54) is 0 Å². The maximum Gasteiger partial charge on any atom is 0.236 e. The molecule has 1 heterocycles.